The van der Waals surface area contributed by atoms with Crippen LogP contribution >= 0.6 is 23.2 Å². The van der Waals surface area contributed by atoms with Crippen molar-refractivity contribution in [1.82, 2.24) is 4.31 Å². The monoisotopic (exact) mass is 404 g/mol. The molecule has 0 bridgehead atoms. The zero-order chi connectivity index (χ0) is 18.6. The average Bonchev–Trinajstić information content (AvgIpc) is 2.51. The van der Waals surface area contributed by atoms with Crippen LogP contribution in [0.4, 0.5) is 10.1 Å². The molecule has 0 radical (unpaired) electrons. The summed E-state index contributed by atoms with van der Waals surface area (Å²) in [4.78, 5) is 12.1. The van der Waals surface area contributed by atoms with Gasteiger partial charge in [0.05, 0.1) is 28.5 Å². The molecule has 25 heavy (non-hydrogen) atoms. The molecule has 2 aromatic rings. The maximum absolute atomic E-state index is 13.6. The first-order valence-electron chi connectivity index (χ1n) is 7.10. The Balaban J connectivity index is 2.14. The van der Waals surface area contributed by atoms with E-state index in [1.54, 1.807) is 18.2 Å². The highest BCUT2D eigenvalue weighted by molar-refractivity contribution is 7.88. The van der Waals surface area contributed by atoms with E-state index in [1.807, 2.05) is 0 Å². The van der Waals surface area contributed by atoms with Gasteiger partial charge in [-0.15, -0.1) is 0 Å². The summed E-state index contributed by atoms with van der Waals surface area (Å²) < 4.78 is 38.4. The van der Waals surface area contributed by atoms with Crippen LogP contribution in [0.2, 0.25) is 10.0 Å². The van der Waals surface area contributed by atoms with Crippen LogP contribution in [0.5, 0.6) is 0 Å². The summed E-state index contributed by atoms with van der Waals surface area (Å²) >= 11 is 11.8. The molecule has 0 aromatic heterocycles. The first kappa shape index (κ1) is 19.7. The Morgan fingerprint density at radius 2 is 1.84 bits per heavy atom. The van der Waals surface area contributed by atoms with Crippen molar-refractivity contribution in [2.24, 2.45) is 0 Å². The number of sulfonamides is 1. The van der Waals surface area contributed by atoms with Gasteiger partial charge in [-0.05, 0) is 29.8 Å². The van der Waals surface area contributed by atoms with Gasteiger partial charge in [0, 0.05) is 6.54 Å². The van der Waals surface area contributed by atoms with Gasteiger partial charge in [0.1, 0.15) is 5.82 Å². The minimum absolute atomic E-state index is 0.0181. The standard InChI is InChI=1S/C16H15Cl2FN2O3S/c1-25(23,24)21(9-11-6-7-12(17)13(18)8-11)10-16(22)20-15-5-3-2-4-14(15)19/h2-8H,9-10H2,1H3,(H,20,22). The number of hydrogen-bond donors (Lipinski definition) is 1. The van der Waals surface area contributed by atoms with Gasteiger partial charge in [0.2, 0.25) is 15.9 Å². The second-order valence-corrected chi connectivity index (χ2v) is 8.10. The number of hydrogen-bond acceptors (Lipinski definition) is 3. The summed E-state index contributed by atoms with van der Waals surface area (Å²) in [6.45, 7) is -0.534. The maximum Gasteiger partial charge on any atom is 0.239 e. The lowest BCUT2D eigenvalue weighted by Crippen LogP contribution is -2.37. The third-order valence-electron chi connectivity index (χ3n) is 3.28. The zero-order valence-corrected chi connectivity index (χ0v) is 15.5. The van der Waals surface area contributed by atoms with Crippen LogP contribution in [0.3, 0.4) is 0 Å². The lowest BCUT2D eigenvalue weighted by Gasteiger charge is -2.20. The highest BCUT2D eigenvalue weighted by atomic mass is 35.5. The van der Waals surface area contributed by atoms with Crippen molar-refractivity contribution >= 4 is 44.8 Å². The van der Waals surface area contributed by atoms with E-state index in [4.69, 9.17) is 23.2 Å². The molecule has 0 unspecified atom stereocenters. The lowest BCUT2D eigenvalue weighted by atomic mass is 10.2. The van der Waals surface area contributed by atoms with Gasteiger partial charge in [0.25, 0.3) is 0 Å². The predicted molar refractivity (Wildman–Crippen MR) is 96.7 cm³/mol. The highest BCUT2D eigenvalue weighted by Crippen LogP contribution is 2.23. The molecule has 1 N–H and O–H groups in total. The number of rotatable bonds is 6. The zero-order valence-electron chi connectivity index (χ0n) is 13.2. The molecule has 0 heterocycles. The third kappa shape index (κ3) is 5.67. The molecule has 2 aromatic carbocycles. The van der Waals surface area contributed by atoms with Crippen molar-refractivity contribution in [3.8, 4) is 0 Å². The molecule has 0 atom stereocenters. The van der Waals surface area contributed by atoms with Crippen LogP contribution in [0.25, 0.3) is 0 Å². The van der Waals surface area contributed by atoms with E-state index in [0.717, 1.165) is 10.6 Å². The van der Waals surface area contributed by atoms with Crippen molar-refractivity contribution in [3.05, 3.63) is 63.9 Å². The lowest BCUT2D eigenvalue weighted by molar-refractivity contribution is -0.116. The van der Waals surface area contributed by atoms with Crippen LogP contribution in [0, 0.1) is 5.82 Å². The second-order valence-electron chi connectivity index (χ2n) is 5.31. The molecule has 0 aliphatic rings. The molecule has 0 aliphatic carbocycles. The first-order chi connectivity index (χ1) is 11.7. The van der Waals surface area contributed by atoms with Gasteiger partial charge in [-0.2, -0.15) is 4.31 Å². The van der Waals surface area contributed by atoms with Crippen LogP contribution in [-0.2, 0) is 21.4 Å². The number of nitrogens with one attached hydrogen (secondary N) is 1. The van der Waals surface area contributed by atoms with Crippen LogP contribution in [-0.4, -0.2) is 31.4 Å². The Bertz CT molecular complexity index is 891. The molecule has 0 saturated carbocycles. The molecule has 9 heteroatoms. The summed E-state index contributed by atoms with van der Waals surface area (Å²) in [5.74, 6) is -1.26. The fraction of sp³-hybridized carbons (Fsp3) is 0.188. The average molecular weight is 405 g/mol. The second kappa shape index (κ2) is 8.14. The van der Waals surface area contributed by atoms with E-state index in [2.05, 4.69) is 5.32 Å². The smallest absolute Gasteiger partial charge is 0.239 e. The molecular formula is C16H15Cl2FN2O3S. The SMILES string of the molecule is CS(=O)(=O)N(CC(=O)Nc1ccccc1F)Cc1ccc(Cl)c(Cl)c1. The van der Waals surface area contributed by atoms with Crippen molar-refractivity contribution < 1.29 is 17.6 Å². The van der Waals surface area contributed by atoms with Gasteiger partial charge in [-0.3, -0.25) is 4.79 Å². The fourth-order valence-corrected chi connectivity index (χ4v) is 3.10. The Morgan fingerprint density at radius 3 is 2.44 bits per heavy atom. The van der Waals surface area contributed by atoms with Crippen molar-refractivity contribution in [2.75, 3.05) is 18.1 Å². The molecule has 0 aliphatic heterocycles. The molecule has 2 rings (SSSR count). The number of anilines is 1. The van der Waals surface area contributed by atoms with Gasteiger partial charge in [0.15, 0.2) is 0 Å². The Morgan fingerprint density at radius 1 is 1.16 bits per heavy atom. The van der Waals surface area contributed by atoms with Crippen LogP contribution in [0.15, 0.2) is 42.5 Å². The van der Waals surface area contributed by atoms with Crippen LogP contribution in [0.1, 0.15) is 5.56 Å². The maximum atomic E-state index is 13.6. The van der Waals surface area contributed by atoms with E-state index < -0.39 is 28.3 Å². The van der Waals surface area contributed by atoms with Crippen LogP contribution < -0.4 is 5.32 Å². The van der Waals surface area contributed by atoms with Crippen molar-refractivity contribution in [2.45, 2.75) is 6.54 Å². The number of carbonyl (C=O) groups excluding carboxylic acids is 1. The van der Waals surface area contributed by atoms with E-state index in [-0.39, 0.29) is 17.3 Å². The van der Waals surface area contributed by atoms with E-state index >= 15 is 0 Å². The highest BCUT2D eigenvalue weighted by Gasteiger charge is 2.21. The summed E-state index contributed by atoms with van der Waals surface area (Å²) in [6, 6.07) is 10.3. The Hall–Kier alpha value is -1.67. The Labute approximate surface area is 155 Å². The normalized spacial score (nSPS) is 11.6. The summed E-state index contributed by atoms with van der Waals surface area (Å²) in [6.07, 6.45) is 0.987. The first-order valence-corrected chi connectivity index (χ1v) is 9.70. The molecule has 0 fully saturated rings. The number of nitrogens with zero attached hydrogens (tertiary/aromatic N) is 1. The molecule has 5 nitrogen and oxygen atoms in total. The third-order valence-corrected chi connectivity index (χ3v) is 5.22. The number of carbonyl (C=O) groups is 1. The minimum Gasteiger partial charge on any atom is -0.322 e. The number of amides is 1. The quantitative estimate of drug-likeness (QED) is 0.800. The Kier molecular flexibility index (Phi) is 6.40. The van der Waals surface area contributed by atoms with Crippen molar-refractivity contribution in [3.63, 3.8) is 0 Å². The number of benzene rings is 2. The van der Waals surface area contributed by atoms with Gasteiger partial charge >= 0.3 is 0 Å². The summed E-state index contributed by atoms with van der Waals surface area (Å²) in [5.41, 5.74) is 0.550. The molecule has 0 spiro atoms. The van der Waals surface area contributed by atoms with Gasteiger partial charge in [-0.25, -0.2) is 12.8 Å². The van der Waals surface area contributed by atoms with Gasteiger partial charge in [-0.1, -0.05) is 41.4 Å². The molecular weight excluding hydrogens is 390 g/mol. The fourth-order valence-electron chi connectivity index (χ4n) is 2.04. The van der Waals surface area contributed by atoms with E-state index in [1.165, 1.54) is 24.3 Å². The van der Waals surface area contributed by atoms with Crippen molar-refractivity contribution in [1.29, 1.82) is 0 Å². The topological polar surface area (TPSA) is 66.5 Å². The minimum atomic E-state index is -3.68. The summed E-state index contributed by atoms with van der Waals surface area (Å²) in [7, 11) is -3.68. The molecule has 1 amide bonds. The molecule has 0 saturated heterocycles. The largest absolute Gasteiger partial charge is 0.322 e. The predicted octanol–water partition coefficient (Wildman–Crippen LogP) is 3.53. The van der Waals surface area contributed by atoms with Gasteiger partial charge < -0.3 is 5.32 Å². The number of halogens is 3. The number of para-hydroxylation sites is 1. The summed E-state index contributed by atoms with van der Waals surface area (Å²) in [5, 5.41) is 2.97. The molecule has 134 valence electrons. The van der Waals surface area contributed by atoms with E-state index in [0.29, 0.717) is 10.6 Å². The van der Waals surface area contributed by atoms with E-state index in [9.17, 15) is 17.6 Å².